The average molecular weight is 186 g/mol. The lowest BCUT2D eigenvalue weighted by Gasteiger charge is -2.02. The van der Waals surface area contributed by atoms with Gasteiger partial charge >= 0.3 is 15.1 Å². The summed E-state index contributed by atoms with van der Waals surface area (Å²) in [5.74, 6) is 0. The van der Waals surface area contributed by atoms with E-state index in [4.69, 9.17) is 0 Å². The van der Waals surface area contributed by atoms with E-state index in [2.05, 4.69) is 11.1 Å². The molecule has 0 aliphatic rings. The third-order valence-electron chi connectivity index (χ3n) is 0.936. The number of halogens is 3. The minimum Gasteiger partial charge on any atom is -0.352 e. The zero-order valence-electron chi connectivity index (χ0n) is 5.74. The number of primary amides is 1. The van der Waals surface area contributed by atoms with Crippen molar-refractivity contribution in [2.45, 2.75) is 12.5 Å². The number of hydrogen-bond donors (Lipinski definition) is 2. The SMILES string of the molecule is NC(=O)NCCC[Si](F)(F)F. The first-order valence-electron chi connectivity index (χ1n) is 3.02. The maximum Gasteiger partial charge on any atom is 0.616 e. The van der Waals surface area contributed by atoms with E-state index in [-0.39, 0.29) is 13.0 Å². The topological polar surface area (TPSA) is 55.1 Å². The number of rotatable bonds is 4. The fraction of sp³-hybridized carbons (Fsp3) is 0.750. The molecule has 2 amide bonds. The normalized spacial score (nSPS) is 11.2. The molecule has 0 aromatic carbocycles. The highest BCUT2D eigenvalue weighted by atomic mass is 28.5. The molecular formula is C4H9F3N2OSi. The van der Waals surface area contributed by atoms with Crippen LogP contribution in [0.15, 0.2) is 0 Å². The highest BCUT2D eigenvalue weighted by Gasteiger charge is 2.35. The zero-order valence-corrected chi connectivity index (χ0v) is 6.74. The smallest absolute Gasteiger partial charge is 0.352 e. The molecule has 7 heteroatoms. The molecule has 0 saturated carbocycles. The van der Waals surface area contributed by atoms with E-state index in [0.717, 1.165) is 0 Å². The van der Waals surface area contributed by atoms with E-state index in [1.807, 2.05) is 0 Å². The van der Waals surface area contributed by atoms with Crippen LogP contribution in [-0.4, -0.2) is 21.7 Å². The minimum absolute atomic E-state index is 0.00183. The number of hydrogen-bond acceptors (Lipinski definition) is 1. The molecule has 0 radical (unpaired) electrons. The van der Waals surface area contributed by atoms with Crippen molar-refractivity contribution in [3.8, 4) is 0 Å². The second-order valence-electron chi connectivity index (χ2n) is 2.01. The van der Waals surface area contributed by atoms with Crippen molar-refractivity contribution in [1.82, 2.24) is 5.32 Å². The molecule has 0 saturated heterocycles. The molecule has 3 nitrogen and oxygen atoms in total. The molecular weight excluding hydrogens is 177 g/mol. The summed E-state index contributed by atoms with van der Waals surface area (Å²) in [5, 5.41) is 2.08. The predicted octanol–water partition coefficient (Wildman–Crippen LogP) is 0.892. The van der Waals surface area contributed by atoms with Crippen LogP contribution < -0.4 is 11.1 Å². The van der Waals surface area contributed by atoms with Gasteiger partial charge in [0.15, 0.2) is 0 Å². The molecule has 0 spiro atoms. The molecule has 0 atom stereocenters. The number of urea groups is 1. The standard InChI is InChI=1S/C4H9F3N2OSi/c5-11(6,7)3-1-2-9-4(8)10/h1-3H2,(H3,8,9,10). The van der Waals surface area contributed by atoms with Gasteiger partial charge in [0.25, 0.3) is 0 Å². The second kappa shape index (κ2) is 4.22. The third kappa shape index (κ3) is 9.28. The highest BCUT2D eigenvalue weighted by molar-refractivity contribution is 6.58. The monoisotopic (exact) mass is 186 g/mol. The lowest BCUT2D eigenvalue weighted by atomic mass is 10.5. The van der Waals surface area contributed by atoms with Crippen molar-refractivity contribution < 1.29 is 17.1 Å². The molecule has 11 heavy (non-hydrogen) atoms. The molecule has 0 heterocycles. The Labute approximate surface area is 63.3 Å². The summed E-state index contributed by atoms with van der Waals surface area (Å²) in [7, 11) is -5.42. The quantitative estimate of drug-likeness (QED) is 0.382. The van der Waals surface area contributed by atoms with E-state index in [1.165, 1.54) is 0 Å². The summed E-state index contributed by atoms with van der Waals surface area (Å²) in [5.41, 5.74) is 4.62. The van der Waals surface area contributed by atoms with Crippen molar-refractivity contribution in [2.75, 3.05) is 6.54 Å². The molecule has 0 aliphatic carbocycles. The van der Waals surface area contributed by atoms with Crippen molar-refractivity contribution >= 4 is 15.1 Å². The number of carbonyl (C=O) groups is 1. The van der Waals surface area contributed by atoms with E-state index in [0.29, 0.717) is 0 Å². The van der Waals surface area contributed by atoms with Crippen LogP contribution in [0.3, 0.4) is 0 Å². The molecule has 0 rings (SSSR count). The molecule has 0 fully saturated rings. The minimum atomic E-state index is -5.42. The van der Waals surface area contributed by atoms with Crippen LogP contribution in [0, 0.1) is 0 Å². The Morgan fingerprint density at radius 3 is 2.36 bits per heavy atom. The summed E-state index contributed by atoms with van der Waals surface area (Å²) in [6.07, 6.45) is -0.0708. The maximum atomic E-state index is 11.6. The Hall–Kier alpha value is -0.723. The number of carbonyl (C=O) groups excluding carboxylic acids is 1. The summed E-state index contributed by atoms with van der Waals surface area (Å²) < 4.78 is 34.7. The molecule has 0 aromatic rings. The van der Waals surface area contributed by atoms with Gasteiger partial charge in [-0.05, 0) is 6.42 Å². The van der Waals surface area contributed by atoms with Gasteiger partial charge in [-0.2, -0.15) is 0 Å². The fourth-order valence-electron chi connectivity index (χ4n) is 0.500. The van der Waals surface area contributed by atoms with E-state index >= 15 is 0 Å². The van der Waals surface area contributed by atoms with Crippen molar-refractivity contribution in [3.63, 3.8) is 0 Å². The first-order valence-corrected chi connectivity index (χ1v) is 4.86. The summed E-state index contributed by atoms with van der Waals surface area (Å²) in [4.78, 5) is 9.97. The number of nitrogens with one attached hydrogen (secondary N) is 1. The van der Waals surface area contributed by atoms with Gasteiger partial charge in [0, 0.05) is 12.6 Å². The summed E-state index contributed by atoms with van der Waals surface area (Å²) >= 11 is 0. The molecule has 0 aliphatic heterocycles. The van der Waals surface area contributed by atoms with Crippen LogP contribution in [0.1, 0.15) is 6.42 Å². The van der Waals surface area contributed by atoms with Crippen LogP contribution in [0.4, 0.5) is 17.1 Å². The van der Waals surface area contributed by atoms with E-state index < -0.39 is 21.2 Å². The zero-order chi connectivity index (χ0) is 8.91. The second-order valence-corrected chi connectivity index (χ2v) is 3.74. The Kier molecular flexibility index (Phi) is 3.94. The first-order chi connectivity index (χ1) is 4.92. The van der Waals surface area contributed by atoms with Crippen molar-refractivity contribution in [2.24, 2.45) is 5.73 Å². The Balaban J connectivity index is 3.22. The largest absolute Gasteiger partial charge is 0.616 e. The van der Waals surface area contributed by atoms with Gasteiger partial charge in [-0.25, -0.2) is 17.1 Å². The molecule has 0 bridgehead atoms. The van der Waals surface area contributed by atoms with Gasteiger partial charge in [0.05, 0.1) is 0 Å². The van der Waals surface area contributed by atoms with E-state index in [9.17, 15) is 17.1 Å². The van der Waals surface area contributed by atoms with Gasteiger partial charge < -0.3 is 11.1 Å². The Bertz CT molecular complexity index is 138. The molecule has 3 N–H and O–H groups in total. The predicted molar refractivity (Wildman–Crippen MR) is 36.1 cm³/mol. The van der Waals surface area contributed by atoms with Gasteiger partial charge in [0.1, 0.15) is 0 Å². The lowest BCUT2D eigenvalue weighted by molar-refractivity contribution is 0.249. The average Bonchev–Trinajstić information content (AvgIpc) is 1.78. The van der Waals surface area contributed by atoms with Gasteiger partial charge in [-0.3, -0.25) is 0 Å². The maximum absolute atomic E-state index is 11.6. The van der Waals surface area contributed by atoms with Crippen LogP contribution in [0.25, 0.3) is 0 Å². The molecule has 0 unspecified atom stereocenters. The van der Waals surface area contributed by atoms with Gasteiger partial charge in [0.2, 0.25) is 0 Å². The summed E-state index contributed by atoms with van der Waals surface area (Å²) in [6, 6.07) is -1.54. The van der Waals surface area contributed by atoms with Gasteiger partial charge in [-0.15, -0.1) is 0 Å². The Morgan fingerprint density at radius 2 is 2.00 bits per heavy atom. The first kappa shape index (κ1) is 10.3. The van der Waals surface area contributed by atoms with Crippen LogP contribution in [0.5, 0.6) is 0 Å². The highest BCUT2D eigenvalue weighted by Crippen LogP contribution is 2.15. The van der Waals surface area contributed by atoms with Gasteiger partial charge in [-0.1, -0.05) is 0 Å². The van der Waals surface area contributed by atoms with Crippen LogP contribution in [0.2, 0.25) is 6.04 Å². The van der Waals surface area contributed by atoms with Crippen molar-refractivity contribution in [3.05, 3.63) is 0 Å². The van der Waals surface area contributed by atoms with Crippen LogP contribution >= 0.6 is 0 Å². The third-order valence-corrected chi connectivity index (χ3v) is 1.86. The van der Waals surface area contributed by atoms with Crippen molar-refractivity contribution in [1.29, 1.82) is 0 Å². The van der Waals surface area contributed by atoms with E-state index in [1.54, 1.807) is 0 Å². The van der Waals surface area contributed by atoms with Crippen LogP contribution in [-0.2, 0) is 0 Å². The number of nitrogens with two attached hydrogens (primary N) is 1. The Morgan fingerprint density at radius 1 is 1.45 bits per heavy atom. The lowest BCUT2D eigenvalue weighted by Crippen LogP contribution is -2.30. The summed E-state index contributed by atoms with van der Waals surface area (Å²) in [6.45, 7) is 0.00183. The number of amides is 2. The molecule has 66 valence electrons. The molecule has 0 aromatic heterocycles. The fourth-order valence-corrected chi connectivity index (χ4v) is 1.08.